The maximum absolute atomic E-state index is 5.87. The lowest BCUT2D eigenvalue weighted by Crippen LogP contribution is -2.01. The molecule has 0 bridgehead atoms. The van der Waals surface area contributed by atoms with Crippen LogP contribution in [0.4, 0.5) is 5.13 Å². The van der Waals surface area contributed by atoms with Gasteiger partial charge < -0.3 is 10.3 Å². The molecule has 0 aliphatic rings. The van der Waals surface area contributed by atoms with Crippen LogP contribution in [0.3, 0.4) is 0 Å². The largest absolute Gasteiger partial charge is 0.375 e. The van der Waals surface area contributed by atoms with Crippen molar-refractivity contribution >= 4 is 27.4 Å². The molecule has 0 spiro atoms. The summed E-state index contributed by atoms with van der Waals surface area (Å²) in [6.07, 6.45) is 0. The van der Waals surface area contributed by atoms with Crippen molar-refractivity contribution in [3.63, 3.8) is 0 Å². The van der Waals surface area contributed by atoms with Crippen LogP contribution in [0.25, 0.3) is 22.2 Å². The third kappa shape index (κ3) is 2.49. The zero-order valence-electron chi connectivity index (χ0n) is 13.8. The van der Waals surface area contributed by atoms with Gasteiger partial charge in [-0.1, -0.05) is 42.0 Å². The molecule has 120 valence electrons. The summed E-state index contributed by atoms with van der Waals surface area (Å²) in [5.41, 5.74) is 13.0. The van der Waals surface area contributed by atoms with Crippen LogP contribution in [0.5, 0.6) is 0 Å². The highest BCUT2D eigenvalue weighted by Crippen LogP contribution is 2.36. The fraction of sp³-hybridized carbons (Fsp3) is 0.150. The fourth-order valence-corrected chi connectivity index (χ4v) is 3.85. The number of hydrogen-bond acceptors (Lipinski definition) is 3. The second-order valence-corrected chi connectivity index (χ2v) is 7.01. The van der Waals surface area contributed by atoms with E-state index in [-0.39, 0.29) is 0 Å². The average molecular weight is 333 g/mol. The maximum atomic E-state index is 5.87. The number of nitrogen functional groups attached to an aromatic ring is 1. The molecule has 2 heterocycles. The summed E-state index contributed by atoms with van der Waals surface area (Å²) in [4.78, 5) is 4.52. The molecule has 0 atom stereocenters. The van der Waals surface area contributed by atoms with Crippen molar-refractivity contribution in [1.29, 1.82) is 0 Å². The number of anilines is 1. The van der Waals surface area contributed by atoms with E-state index in [9.17, 15) is 0 Å². The van der Waals surface area contributed by atoms with Crippen molar-refractivity contribution in [1.82, 2.24) is 9.55 Å². The summed E-state index contributed by atoms with van der Waals surface area (Å²) in [5.74, 6) is 0. The first-order valence-electron chi connectivity index (χ1n) is 7.98. The molecule has 0 amide bonds. The lowest BCUT2D eigenvalue weighted by Gasteiger charge is -2.09. The number of aryl methyl sites for hydroxylation is 1. The SMILES string of the molecule is Cc1ccc2c(c1)c(-c1csc(N)n1)c(C)n2Cc1ccccc1. The number of nitrogens with two attached hydrogens (primary N) is 1. The highest BCUT2D eigenvalue weighted by atomic mass is 32.1. The van der Waals surface area contributed by atoms with Gasteiger partial charge in [-0.15, -0.1) is 11.3 Å². The molecular weight excluding hydrogens is 314 g/mol. The average Bonchev–Trinajstić information content (AvgIpc) is 3.10. The van der Waals surface area contributed by atoms with E-state index in [1.54, 1.807) is 0 Å². The van der Waals surface area contributed by atoms with Gasteiger partial charge in [-0.05, 0) is 31.5 Å². The Morgan fingerprint density at radius 3 is 2.58 bits per heavy atom. The molecule has 0 aliphatic carbocycles. The van der Waals surface area contributed by atoms with Crippen LogP contribution in [-0.4, -0.2) is 9.55 Å². The van der Waals surface area contributed by atoms with E-state index in [0.29, 0.717) is 5.13 Å². The van der Waals surface area contributed by atoms with E-state index in [1.165, 1.54) is 44.6 Å². The topological polar surface area (TPSA) is 43.8 Å². The number of rotatable bonds is 3. The van der Waals surface area contributed by atoms with Crippen LogP contribution in [0.15, 0.2) is 53.9 Å². The van der Waals surface area contributed by atoms with Crippen molar-refractivity contribution in [2.75, 3.05) is 5.73 Å². The van der Waals surface area contributed by atoms with Crippen molar-refractivity contribution < 1.29 is 0 Å². The van der Waals surface area contributed by atoms with E-state index in [0.717, 1.165) is 12.2 Å². The Labute approximate surface area is 145 Å². The second-order valence-electron chi connectivity index (χ2n) is 6.12. The van der Waals surface area contributed by atoms with Gasteiger partial charge >= 0.3 is 0 Å². The minimum absolute atomic E-state index is 0.612. The van der Waals surface area contributed by atoms with Crippen molar-refractivity contribution in [3.05, 3.63) is 70.7 Å². The second kappa shape index (κ2) is 5.80. The van der Waals surface area contributed by atoms with E-state index in [1.807, 2.05) is 5.38 Å². The molecule has 2 aromatic heterocycles. The van der Waals surface area contributed by atoms with Gasteiger partial charge in [-0.25, -0.2) is 4.98 Å². The van der Waals surface area contributed by atoms with Crippen LogP contribution in [-0.2, 0) is 6.54 Å². The summed E-state index contributed by atoms with van der Waals surface area (Å²) in [7, 11) is 0. The van der Waals surface area contributed by atoms with E-state index in [4.69, 9.17) is 5.73 Å². The Hall–Kier alpha value is -2.59. The highest BCUT2D eigenvalue weighted by molar-refractivity contribution is 7.13. The fourth-order valence-electron chi connectivity index (χ4n) is 3.29. The number of benzene rings is 2. The van der Waals surface area contributed by atoms with Crippen LogP contribution in [0.1, 0.15) is 16.8 Å². The Kier molecular flexibility index (Phi) is 3.62. The van der Waals surface area contributed by atoms with E-state index >= 15 is 0 Å². The third-order valence-electron chi connectivity index (χ3n) is 4.44. The van der Waals surface area contributed by atoms with E-state index < -0.39 is 0 Å². The zero-order valence-corrected chi connectivity index (χ0v) is 14.6. The number of hydrogen-bond donors (Lipinski definition) is 1. The Morgan fingerprint density at radius 1 is 1.08 bits per heavy atom. The van der Waals surface area contributed by atoms with Gasteiger partial charge in [0.15, 0.2) is 5.13 Å². The molecule has 2 N–H and O–H groups in total. The molecule has 4 aromatic rings. The molecule has 24 heavy (non-hydrogen) atoms. The molecule has 4 rings (SSSR count). The number of nitrogens with zero attached hydrogens (tertiary/aromatic N) is 2. The molecule has 3 nitrogen and oxygen atoms in total. The van der Waals surface area contributed by atoms with Gasteiger partial charge in [0.25, 0.3) is 0 Å². The molecule has 0 saturated heterocycles. The molecule has 0 aliphatic heterocycles. The molecule has 4 heteroatoms. The monoisotopic (exact) mass is 333 g/mol. The van der Waals surface area contributed by atoms with Crippen molar-refractivity contribution in [2.45, 2.75) is 20.4 Å². The predicted octanol–water partition coefficient (Wildman–Crippen LogP) is 5.01. The van der Waals surface area contributed by atoms with Crippen molar-refractivity contribution in [2.24, 2.45) is 0 Å². The van der Waals surface area contributed by atoms with Crippen LogP contribution >= 0.6 is 11.3 Å². The van der Waals surface area contributed by atoms with Gasteiger partial charge in [0.05, 0.1) is 5.69 Å². The Morgan fingerprint density at radius 2 is 1.88 bits per heavy atom. The van der Waals surface area contributed by atoms with Crippen LogP contribution in [0, 0.1) is 13.8 Å². The van der Waals surface area contributed by atoms with Crippen LogP contribution in [0.2, 0.25) is 0 Å². The quantitative estimate of drug-likeness (QED) is 0.572. The number of thiazole rings is 1. The zero-order chi connectivity index (χ0) is 16.7. The third-order valence-corrected chi connectivity index (χ3v) is 5.11. The van der Waals surface area contributed by atoms with Crippen molar-refractivity contribution in [3.8, 4) is 11.3 Å². The Bertz CT molecular complexity index is 1010. The summed E-state index contributed by atoms with van der Waals surface area (Å²) in [6.45, 7) is 5.15. The van der Waals surface area contributed by atoms with Gasteiger partial charge in [0.1, 0.15) is 0 Å². The molecule has 0 unspecified atom stereocenters. The summed E-state index contributed by atoms with van der Waals surface area (Å²) in [5, 5.41) is 3.90. The number of aromatic nitrogens is 2. The molecule has 0 fully saturated rings. The van der Waals surface area contributed by atoms with Gasteiger partial charge in [-0.2, -0.15) is 0 Å². The predicted molar refractivity (Wildman–Crippen MR) is 102 cm³/mol. The molecule has 2 aromatic carbocycles. The lowest BCUT2D eigenvalue weighted by atomic mass is 10.1. The first kappa shape index (κ1) is 15.0. The Balaban J connectivity index is 1.96. The minimum Gasteiger partial charge on any atom is -0.375 e. The highest BCUT2D eigenvalue weighted by Gasteiger charge is 2.17. The summed E-state index contributed by atoms with van der Waals surface area (Å²) < 4.78 is 2.37. The van der Waals surface area contributed by atoms with Gasteiger partial charge in [0, 0.05) is 34.1 Å². The first-order valence-corrected chi connectivity index (χ1v) is 8.86. The van der Waals surface area contributed by atoms with Crippen LogP contribution < -0.4 is 5.73 Å². The normalized spacial score (nSPS) is 11.2. The smallest absolute Gasteiger partial charge is 0.180 e. The van der Waals surface area contributed by atoms with Gasteiger partial charge in [-0.3, -0.25) is 0 Å². The lowest BCUT2D eigenvalue weighted by molar-refractivity contribution is 0.806. The minimum atomic E-state index is 0.612. The summed E-state index contributed by atoms with van der Waals surface area (Å²) >= 11 is 1.49. The number of fused-ring (bicyclic) bond motifs is 1. The summed E-state index contributed by atoms with van der Waals surface area (Å²) in [6, 6.07) is 17.2. The molecule has 0 radical (unpaired) electrons. The van der Waals surface area contributed by atoms with Gasteiger partial charge in [0.2, 0.25) is 0 Å². The maximum Gasteiger partial charge on any atom is 0.180 e. The molecular formula is C20H19N3S. The van der Waals surface area contributed by atoms with E-state index in [2.05, 4.69) is 71.9 Å². The standard InChI is InChI=1S/C20H19N3S/c1-13-8-9-18-16(10-13)19(17-12-24-20(21)22-17)14(2)23(18)11-15-6-4-3-5-7-15/h3-10,12H,11H2,1-2H3,(H2,21,22). The first-order chi connectivity index (χ1) is 11.6. The molecule has 0 saturated carbocycles.